The summed E-state index contributed by atoms with van der Waals surface area (Å²) in [6, 6.07) is 0. The minimum absolute atomic E-state index is 0.0283. The molecule has 1 rings (SSSR count). The van der Waals surface area contributed by atoms with E-state index in [1.165, 1.54) is 0 Å². The molecule has 0 aliphatic heterocycles. The summed E-state index contributed by atoms with van der Waals surface area (Å²) in [4.78, 5) is 0. The molecular formula is C8H16N4. The lowest BCUT2D eigenvalue weighted by atomic mass is 9.90. The second kappa shape index (κ2) is 3.23. The zero-order valence-electron chi connectivity index (χ0n) is 7.91. The van der Waals surface area contributed by atoms with Gasteiger partial charge in [0.15, 0.2) is 0 Å². The van der Waals surface area contributed by atoms with Gasteiger partial charge in [-0.05, 0) is 6.92 Å². The fraction of sp³-hybridized carbons (Fsp3) is 0.750. The number of hydrogen-bond donors (Lipinski definition) is 1. The second-order valence-corrected chi connectivity index (χ2v) is 3.52. The van der Waals surface area contributed by atoms with Crippen LogP contribution in [0.2, 0.25) is 0 Å². The van der Waals surface area contributed by atoms with Crippen LogP contribution in [-0.2, 0) is 12.0 Å². The Morgan fingerprint density at radius 1 is 1.58 bits per heavy atom. The average Bonchev–Trinajstić information content (AvgIpc) is 2.52. The summed E-state index contributed by atoms with van der Waals surface area (Å²) < 4.78 is 1.88. The number of rotatable bonds is 3. The van der Waals surface area contributed by atoms with Crippen LogP contribution >= 0.6 is 0 Å². The Labute approximate surface area is 72.8 Å². The molecule has 0 aliphatic carbocycles. The van der Waals surface area contributed by atoms with Crippen molar-refractivity contribution in [3.8, 4) is 0 Å². The lowest BCUT2D eigenvalue weighted by Crippen LogP contribution is -2.30. The van der Waals surface area contributed by atoms with Crippen LogP contribution in [-0.4, -0.2) is 21.5 Å². The van der Waals surface area contributed by atoms with Gasteiger partial charge in [-0.2, -0.15) is 0 Å². The number of nitrogens with zero attached hydrogens (tertiary/aromatic N) is 3. The van der Waals surface area contributed by atoms with Crippen molar-refractivity contribution in [3.05, 3.63) is 11.9 Å². The molecule has 0 unspecified atom stereocenters. The molecule has 4 heteroatoms. The van der Waals surface area contributed by atoms with E-state index >= 15 is 0 Å². The van der Waals surface area contributed by atoms with E-state index in [-0.39, 0.29) is 5.41 Å². The van der Waals surface area contributed by atoms with Crippen molar-refractivity contribution in [2.75, 3.05) is 6.54 Å². The van der Waals surface area contributed by atoms with Crippen molar-refractivity contribution in [1.29, 1.82) is 0 Å². The maximum Gasteiger partial charge on any atom is 0.0731 e. The molecule has 0 saturated heterocycles. The molecule has 0 aromatic carbocycles. The van der Waals surface area contributed by atoms with E-state index < -0.39 is 0 Å². The van der Waals surface area contributed by atoms with Crippen LogP contribution in [0.3, 0.4) is 0 Å². The summed E-state index contributed by atoms with van der Waals surface area (Å²) >= 11 is 0. The van der Waals surface area contributed by atoms with E-state index in [2.05, 4.69) is 24.2 Å². The third kappa shape index (κ3) is 1.48. The summed E-state index contributed by atoms with van der Waals surface area (Å²) in [7, 11) is 0. The minimum Gasteiger partial charge on any atom is -0.330 e. The molecule has 0 spiro atoms. The lowest BCUT2D eigenvalue weighted by Gasteiger charge is -2.22. The third-order valence-corrected chi connectivity index (χ3v) is 2.12. The van der Waals surface area contributed by atoms with Crippen molar-refractivity contribution in [2.24, 2.45) is 5.73 Å². The molecular weight excluding hydrogens is 152 g/mol. The van der Waals surface area contributed by atoms with E-state index in [0.29, 0.717) is 6.54 Å². The van der Waals surface area contributed by atoms with Gasteiger partial charge >= 0.3 is 0 Å². The summed E-state index contributed by atoms with van der Waals surface area (Å²) in [5.41, 5.74) is 6.73. The molecule has 1 aromatic heterocycles. The first kappa shape index (κ1) is 9.19. The van der Waals surface area contributed by atoms with Crippen LogP contribution in [0.5, 0.6) is 0 Å². The molecule has 1 heterocycles. The van der Waals surface area contributed by atoms with Gasteiger partial charge < -0.3 is 5.73 Å². The van der Waals surface area contributed by atoms with Gasteiger partial charge in [-0.3, -0.25) is 0 Å². The van der Waals surface area contributed by atoms with Crippen molar-refractivity contribution < 1.29 is 0 Å². The molecule has 0 fully saturated rings. The molecule has 68 valence electrons. The van der Waals surface area contributed by atoms with Crippen LogP contribution in [0.1, 0.15) is 26.5 Å². The van der Waals surface area contributed by atoms with Crippen LogP contribution in [0.25, 0.3) is 0 Å². The second-order valence-electron chi connectivity index (χ2n) is 3.52. The van der Waals surface area contributed by atoms with E-state index in [1.54, 1.807) is 6.20 Å². The highest BCUT2D eigenvalue weighted by atomic mass is 15.4. The number of hydrogen-bond acceptors (Lipinski definition) is 3. The van der Waals surface area contributed by atoms with E-state index in [1.807, 2.05) is 11.6 Å². The van der Waals surface area contributed by atoms with Crippen LogP contribution < -0.4 is 5.73 Å². The largest absolute Gasteiger partial charge is 0.330 e. The van der Waals surface area contributed by atoms with Gasteiger partial charge in [-0.25, -0.2) is 4.68 Å². The molecule has 1 aromatic rings. The predicted molar refractivity (Wildman–Crippen MR) is 47.8 cm³/mol. The fourth-order valence-electron chi connectivity index (χ4n) is 1.12. The molecule has 0 amide bonds. The quantitative estimate of drug-likeness (QED) is 0.716. The third-order valence-electron chi connectivity index (χ3n) is 2.12. The zero-order valence-corrected chi connectivity index (χ0v) is 7.91. The first-order valence-corrected chi connectivity index (χ1v) is 4.21. The summed E-state index contributed by atoms with van der Waals surface area (Å²) in [5, 5.41) is 7.82. The van der Waals surface area contributed by atoms with Gasteiger partial charge in [-0.1, -0.05) is 19.1 Å². The van der Waals surface area contributed by atoms with Gasteiger partial charge in [0.1, 0.15) is 0 Å². The smallest absolute Gasteiger partial charge is 0.0731 e. The van der Waals surface area contributed by atoms with Gasteiger partial charge in [0.2, 0.25) is 0 Å². The molecule has 0 saturated carbocycles. The monoisotopic (exact) mass is 168 g/mol. The highest BCUT2D eigenvalue weighted by Crippen LogP contribution is 2.19. The van der Waals surface area contributed by atoms with Gasteiger partial charge in [-0.15, -0.1) is 5.10 Å². The maximum absolute atomic E-state index is 5.65. The Bertz CT molecular complexity index is 251. The molecule has 2 N–H and O–H groups in total. The Kier molecular flexibility index (Phi) is 2.47. The van der Waals surface area contributed by atoms with E-state index in [4.69, 9.17) is 5.73 Å². The molecule has 4 nitrogen and oxygen atoms in total. The van der Waals surface area contributed by atoms with Gasteiger partial charge in [0.25, 0.3) is 0 Å². The zero-order chi connectivity index (χ0) is 9.19. The van der Waals surface area contributed by atoms with Gasteiger partial charge in [0, 0.05) is 18.5 Å². The van der Waals surface area contributed by atoms with E-state index in [9.17, 15) is 0 Å². The minimum atomic E-state index is -0.0283. The van der Waals surface area contributed by atoms with Crippen molar-refractivity contribution in [3.63, 3.8) is 0 Å². The summed E-state index contributed by atoms with van der Waals surface area (Å²) in [6.07, 6.45) is 1.79. The topological polar surface area (TPSA) is 56.7 Å². The Morgan fingerprint density at radius 3 is 2.75 bits per heavy atom. The number of nitrogens with two attached hydrogens (primary N) is 1. The maximum atomic E-state index is 5.65. The molecule has 0 aliphatic rings. The molecule has 0 atom stereocenters. The Balaban J connectivity index is 3.00. The Morgan fingerprint density at radius 2 is 2.25 bits per heavy atom. The normalized spacial score (nSPS) is 12.0. The molecule has 0 radical (unpaired) electrons. The highest BCUT2D eigenvalue weighted by molar-refractivity contribution is 5.10. The standard InChI is InChI=1S/C8H16N4/c1-4-12-7(5-10-11-12)8(2,3)6-9/h5H,4,6,9H2,1-3H3. The molecule has 12 heavy (non-hydrogen) atoms. The van der Waals surface area contributed by atoms with E-state index in [0.717, 1.165) is 12.2 Å². The van der Waals surface area contributed by atoms with Gasteiger partial charge in [0.05, 0.1) is 11.9 Å². The van der Waals surface area contributed by atoms with Crippen LogP contribution in [0, 0.1) is 0 Å². The fourth-order valence-corrected chi connectivity index (χ4v) is 1.12. The summed E-state index contributed by atoms with van der Waals surface area (Å²) in [6.45, 7) is 7.69. The Hall–Kier alpha value is -0.900. The van der Waals surface area contributed by atoms with Crippen LogP contribution in [0.4, 0.5) is 0 Å². The van der Waals surface area contributed by atoms with Crippen LogP contribution in [0.15, 0.2) is 6.20 Å². The number of aryl methyl sites for hydroxylation is 1. The highest BCUT2D eigenvalue weighted by Gasteiger charge is 2.22. The predicted octanol–water partition coefficient (Wildman–Crippen LogP) is 0.534. The SMILES string of the molecule is CCn1nncc1C(C)(C)CN. The average molecular weight is 168 g/mol. The first-order chi connectivity index (χ1) is 5.61. The summed E-state index contributed by atoms with van der Waals surface area (Å²) in [5.74, 6) is 0. The first-order valence-electron chi connectivity index (χ1n) is 4.21. The van der Waals surface area contributed by atoms with Crippen molar-refractivity contribution >= 4 is 0 Å². The number of aromatic nitrogens is 3. The van der Waals surface area contributed by atoms with Crippen molar-refractivity contribution in [2.45, 2.75) is 32.7 Å². The lowest BCUT2D eigenvalue weighted by molar-refractivity contribution is 0.466. The van der Waals surface area contributed by atoms with Crippen molar-refractivity contribution in [1.82, 2.24) is 15.0 Å². The molecule has 0 bridgehead atoms.